The number of hydrogen-bond donors (Lipinski definition) is 2. The largest absolute Gasteiger partial charge is 0.351 e. The van der Waals surface area contributed by atoms with E-state index in [1.807, 2.05) is 0 Å². The van der Waals surface area contributed by atoms with Crippen LogP contribution in [0.1, 0.15) is 10.6 Å². The molecule has 0 radical (unpaired) electrons. The molecule has 7 nitrogen and oxygen atoms in total. The number of nitrogens with zero attached hydrogens (tertiary/aromatic N) is 1. The summed E-state index contributed by atoms with van der Waals surface area (Å²) in [6.45, 7) is 0. The minimum absolute atomic E-state index is 0.139. The van der Waals surface area contributed by atoms with Gasteiger partial charge in [0, 0.05) is 6.07 Å². The molecule has 0 saturated heterocycles. The Morgan fingerprint density at radius 2 is 2.11 bits per heavy atom. The SMILES string of the molecule is NS(=O)(=O)c1ccc(F)c(NC(=O)c2ccno2)c1. The zero-order chi connectivity index (χ0) is 14.0. The van der Waals surface area contributed by atoms with Crippen molar-refractivity contribution in [2.45, 2.75) is 4.90 Å². The molecular weight excluding hydrogens is 277 g/mol. The first-order chi connectivity index (χ1) is 8.88. The first-order valence-corrected chi connectivity index (χ1v) is 6.47. The number of nitrogens with two attached hydrogens (primary N) is 1. The van der Waals surface area contributed by atoms with Gasteiger partial charge in [-0.2, -0.15) is 0 Å². The lowest BCUT2D eigenvalue weighted by Gasteiger charge is -2.06. The molecule has 0 spiro atoms. The van der Waals surface area contributed by atoms with Crippen LogP contribution in [0.15, 0.2) is 39.9 Å². The summed E-state index contributed by atoms with van der Waals surface area (Å²) < 4.78 is 40.3. The van der Waals surface area contributed by atoms with Crippen LogP contribution in [-0.2, 0) is 10.0 Å². The number of carbonyl (C=O) groups is 1. The van der Waals surface area contributed by atoms with Gasteiger partial charge in [-0.1, -0.05) is 5.16 Å². The molecule has 0 fully saturated rings. The number of sulfonamides is 1. The molecule has 0 aliphatic rings. The lowest BCUT2D eigenvalue weighted by molar-refractivity contribution is 0.0987. The second-order valence-corrected chi connectivity index (χ2v) is 5.08. The third kappa shape index (κ3) is 2.95. The highest BCUT2D eigenvalue weighted by atomic mass is 32.2. The van der Waals surface area contributed by atoms with Crippen molar-refractivity contribution in [2.24, 2.45) is 5.14 Å². The van der Waals surface area contributed by atoms with E-state index in [4.69, 9.17) is 5.14 Å². The normalized spacial score (nSPS) is 11.3. The van der Waals surface area contributed by atoms with Crippen molar-refractivity contribution in [1.82, 2.24) is 5.16 Å². The summed E-state index contributed by atoms with van der Waals surface area (Å²) in [6, 6.07) is 4.07. The van der Waals surface area contributed by atoms with Gasteiger partial charge in [-0.25, -0.2) is 17.9 Å². The van der Waals surface area contributed by atoms with Crippen LogP contribution in [0.2, 0.25) is 0 Å². The molecule has 1 heterocycles. The molecule has 2 aromatic rings. The maximum absolute atomic E-state index is 13.5. The van der Waals surface area contributed by atoms with Gasteiger partial charge in [-0.15, -0.1) is 0 Å². The molecule has 1 amide bonds. The smallest absolute Gasteiger partial charge is 0.294 e. The molecule has 0 unspecified atom stereocenters. The van der Waals surface area contributed by atoms with Crippen LogP contribution < -0.4 is 10.5 Å². The molecule has 100 valence electrons. The molecular formula is C10H8FN3O4S. The Kier molecular flexibility index (Phi) is 3.32. The number of aromatic nitrogens is 1. The minimum atomic E-state index is -3.99. The van der Waals surface area contributed by atoms with Gasteiger partial charge in [0.2, 0.25) is 15.8 Å². The van der Waals surface area contributed by atoms with Gasteiger partial charge >= 0.3 is 0 Å². The highest BCUT2D eigenvalue weighted by Crippen LogP contribution is 2.19. The third-order valence-electron chi connectivity index (χ3n) is 2.18. The van der Waals surface area contributed by atoms with E-state index < -0.39 is 21.7 Å². The Balaban J connectivity index is 2.32. The van der Waals surface area contributed by atoms with Crippen molar-refractivity contribution in [3.8, 4) is 0 Å². The summed E-state index contributed by atoms with van der Waals surface area (Å²) in [7, 11) is -3.99. The average molecular weight is 285 g/mol. The van der Waals surface area contributed by atoms with Crippen LogP contribution in [-0.4, -0.2) is 19.5 Å². The molecule has 1 aromatic carbocycles. The zero-order valence-corrected chi connectivity index (χ0v) is 10.1. The summed E-state index contributed by atoms with van der Waals surface area (Å²) in [6.07, 6.45) is 1.24. The van der Waals surface area contributed by atoms with Crippen LogP contribution in [0, 0.1) is 5.82 Å². The Bertz CT molecular complexity index is 712. The van der Waals surface area contributed by atoms with E-state index in [9.17, 15) is 17.6 Å². The number of amides is 1. The fourth-order valence-electron chi connectivity index (χ4n) is 1.29. The zero-order valence-electron chi connectivity index (χ0n) is 9.33. The highest BCUT2D eigenvalue weighted by molar-refractivity contribution is 7.89. The maximum Gasteiger partial charge on any atom is 0.294 e. The van der Waals surface area contributed by atoms with Crippen molar-refractivity contribution in [2.75, 3.05) is 5.32 Å². The molecule has 3 N–H and O–H groups in total. The summed E-state index contributed by atoms with van der Waals surface area (Å²) >= 11 is 0. The predicted molar refractivity (Wildman–Crippen MR) is 62.2 cm³/mol. The van der Waals surface area contributed by atoms with Gasteiger partial charge < -0.3 is 9.84 Å². The standard InChI is InChI=1S/C10H8FN3O4S/c11-7-2-1-6(19(12,16)17)5-8(7)14-10(15)9-3-4-13-18-9/h1-5H,(H,14,15)(H2,12,16,17). The number of benzene rings is 1. The van der Waals surface area contributed by atoms with E-state index in [0.29, 0.717) is 0 Å². The van der Waals surface area contributed by atoms with E-state index >= 15 is 0 Å². The van der Waals surface area contributed by atoms with Gasteiger partial charge in [-0.05, 0) is 18.2 Å². The first-order valence-electron chi connectivity index (χ1n) is 4.92. The van der Waals surface area contributed by atoms with Gasteiger partial charge in [0.1, 0.15) is 5.82 Å². The quantitative estimate of drug-likeness (QED) is 0.861. The third-order valence-corrected chi connectivity index (χ3v) is 3.09. The van der Waals surface area contributed by atoms with Gasteiger partial charge in [0.15, 0.2) is 0 Å². The first kappa shape index (κ1) is 13.2. The van der Waals surface area contributed by atoms with Crippen molar-refractivity contribution in [3.05, 3.63) is 42.0 Å². The summed E-state index contributed by atoms with van der Waals surface area (Å²) in [5, 5.41) is 10.4. The molecule has 0 bridgehead atoms. The van der Waals surface area contributed by atoms with E-state index in [2.05, 4.69) is 15.0 Å². The second-order valence-electron chi connectivity index (χ2n) is 3.52. The van der Waals surface area contributed by atoms with Crippen LogP contribution in [0.5, 0.6) is 0 Å². The number of hydrogen-bond acceptors (Lipinski definition) is 5. The Labute approximate surface area is 107 Å². The fourth-order valence-corrected chi connectivity index (χ4v) is 1.83. The van der Waals surface area contributed by atoms with Gasteiger partial charge in [0.25, 0.3) is 5.91 Å². The number of halogens is 1. The molecule has 1 aromatic heterocycles. The topological polar surface area (TPSA) is 115 Å². The molecule has 0 aliphatic carbocycles. The molecule has 19 heavy (non-hydrogen) atoms. The molecule has 2 rings (SSSR count). The Morgan fingerprint density at radius 3 is 2.68 bits per heavy atom. The number of nitrogens with one attached hydrogen (secondary N) is 1. The lowest BCUT2D eigenvalue weighted by atomic mass is 10.3. The molecule has 0 saturated carbocycles. The molecule has 0 atom stereocenters. The molecule has 0 aliphatic heterocycles. The summed E-state index contributed by atoms with van der Waals surface area (Å²) in [5.41, 5.74) is -0.326. The number of primary sulfonamides is 1. The predicted octanol–water partition coefficient (Wildman–Crippen LogP) is 0.713. The lowest BCUT2D eigenvalue weighted by Crippen LogP contribution is -2.15. The van der Waals surface area contributed by atoms with Gasteiger partial charge in [0.05, 0.1) is 16.8 Å². The van der Waals surface area contributed by atoms with Crippen molar-refractivity contribution >= 4 is 21.6 Å². The van der Waals surface area contributed by atoms with Crippen molar-refractivity contribution < 1.29 is 22.1 Å². The van der Waals surface area contributed by atoms with E-state index in [1.54, 1.807) is 0 Å². The Morgan fingerprint density at radius 1 is 1.37 bits per heavy atom. The number of carbonyl (C=O) groups excluding carboxylic acids is 1. The summed E-state index contributed by atoms with van der Waals surface area (Å²) in [4.78, 5) is 11.3. The Hall–Kier alpha value is -2.26. The minimum Gasteiger partial charge on any atom is -0.351 e. The average Bonchev–Trinajstić information content (AvgIpc) is 2.84. The summed E-state index contributed by atoms with van der Waals surface area (Å²) in [5.74, 6) is -1.70. The van der Waals surface area contributed by atoms with Crippen LogP contribution in [0.25, 0.3) is 0 Å². The second kappa shape index (κ2) is 4.78. The van der Waals surface area contributed by atoms with Crippen LogP contribution in [0.3, 0.4) is 0 Å². The van der Waals surface area contributed by atoms with Crippen molar-refractivity contribution in [1.29, 1.82) is 0 Å². The number of anilines is 1. The fraction of sp³-hybridized carbons (Fsp3) is 0. The van der Waals surface area contributed by atoms with E-state index in [1.165, 1.54) is 12.3 Å². The van der Waals surface area contributed by atoms with Crippen LogP contribution >= 0.6 is 0 Å². The monoisotopic (exact) mass is 285 g/mol. The highest BCUT2D eigenvalue weighted by Gasteiger charge is 2.15. The van der Waals surface area contributed by atoms with Crippen LogP contribution in [0.4, 0.5) is 10.1 Å². The van der Waals surface area contributed by atoms with E-state index in [0.717, 1.165) is 18.2 Å². The van der Waals surface area contributed by atoms with Gasteiger partial charge in [-0.3, -0.25) is 4.79 Å². The van der Waals surface area contributed by atoms with E-state index in [-0.39, 0.29) is 16.3 Å². The van der Waals surface area contributed by atoms with Crippen molar-refractivity contribution in [3.63, 3.8) is 0 Å². The maximum atomic E-state index is 13.5. The number of rotatable bonds is 3. The molecule has 9 heteroatoms.